The topological polar surface area (TPSA) is 29.3 Å². The van der Waals surface area contributed by atoms with Gasteiger partial charge in [0.05, 0.1) is 11.4 Å². The zero-order chi connectivity index (χ0) is 13.2. The second-order valence-corrected chi connectivity index (χ2v) is 5.60. The van der Waals surface area contributed by atoms with Crippen molar-refractivity contribution in [1.82, 2.24) is 14.7 Å². The highest BCUT2D eigenvalue weighted by molar-refractivity contribution is 7.15. The summed E-state index contributed by atoms with van der Waals surface area (Å²) in [6.45, 7) is 5.96. The monoisotopic (exact) mass is 271 g/mol. The molecule has 2 aromatic heterocycles. The van der Waals surface area contributed by atoms with Gasteiger partial charge < -0.3 is 5.32 Å². The molecule has 0 amide bonds. The van der Waals surface area contributed by atoms with E-state index in [1.165, 1.54) is 16.8 Å². The molecular weight excluding hydrogens is 254 g/mol. The van der Waals surface area contributed by atoms with Gasteiger partial charge in [-0.25, -0.2) is 4.98 Å². The predicted octanol–water partition coefficient (Wildman–Crippen LogP) is 3.30. The zero-order valence-electron chi connectivity index (χ0n) is 11.2. The Morgan fingerprint density at radius 1 is 1.21 bits per heavy atom. The number of rotatable bonds is 4. The van der Waals surface area contributed by atoms with Crippen LogP contribution in [0.2, 0.25) is 0 Å². The van der Waals surface area contributed by atoms with Crippen molar-refractivity contribution >= 4 is 16.3 Å². The van der Waals surface area contributed by atoms with Crippen LogP contribution in [0.5, 0.6) is 0 Å². The lowest BCUT2D eigenvalue weighted by Crippen LogP contribution is -2.15. The SMILES string of the molecule is Cc1ccccc1CNCc1c(C)nc2sccn12. The van der Waals surface area contributed by atoms with Gasteiger partial charge in [-0.05, 0) is 25.0 Å². The summed E-state index contributed by atoms with van der Waals surface area (Å²) in [7, 11) is 0. The standard InChI is InChI=1S/C15H17N3S/c1-11-5-3-4-6-13(11)9-16-10-14-12(2)17-15-18(14)7-8-19-15/h3-8,16H,9-10H2,1-2H3. The van der Waals surface area contributed by atoms with Crippen molar-refractivity contribution in [2.45, 2.75) is 26.9 Å². The van der Waals surface area contributed by atoms with Gasteiger partial charge in [0.15, 0.2) is 4.96 Å². The van der Waals surface area contributed by atoms with Crippen LogP contribution in [0.4, 0.5) is 0 Å². The summed E-state index contributed by atoms with van der Waals surface area (Å²) in [5, 5.41) is 5.59. The zero-order valence-corrected chi connectivity index (χ0v) is 12.0. The van der Waals surface area contributed by atoms with Crippen LogP contribution in [0.1, 0.15) is 22.5 Å². The van der Waals surface area contributed by atoms with E-state index in [9.17, 15) is 0 Å². The third-order valence-electron chi connectivity index (χ3n) is 3.43. The first-order valence-corrected chi connectivity index (χ1v) is 7.30. The first kappa shape index (κ1) is 12.4. The summed E-state index contributed by atoms with van der Waals surface area (Å²) >= 11 is 1.68. The molecule has 3 rings (SSSR count). The third kappa shape index (κ3) is 2.41. The lowest BCUT2D eigenvalue weighted by Gasteiger charge is -2.07. The number of nitrogens with one attached hydrogen (secondary N) is 1. The average molecular weight is 271 g/mol. The Morgan fingerprint density at radius 3 is 2.89 bits per heavy atom. The van der Waals surface area contributed by atoms with Crippen LogP contribution in [0.15, 0.2) is 35.8 Å². The van der Waals surface area contributed by atoms with Gasteiger partial charge in [0.25, 0.3) is 0 Å². The van der Waals surface area contributed by atoms with Crippen molar-refractivity contribution in [2.24, 2.45) is 0 Å². The minimum Gasteiger partial charge on any atom is -0.307 e. The number of thiazole rings is 1. The molecule has 98 valence electrons. The van der Waals surface area contributed by atoms with Crippen molar-refractivity contribution in [1.29, 1.82) is 0 Å². The Morgan fingerprint density at radius 2 is 2.05 bits per heavy atom. The molecule has 0 aliphatic carbocycles. The van der Waals surface area contributed by atoms with Crippen molar-refractivity contribution in [3.63, 3.8) is 0 Å². The summed E-state index contributed by atoms with van der Waals surface area (Å²) in [5.74, 6) is 0. The summed E-state index contributed by atoms with van der Waals surface area (Å²) in [6.07, 6.45) is 2.09. The van der Waals surface area contributed by atoms with Crippen LogP contribution in [-0.2, 0) is 13.1 Å². The highest BCUT2D eigenvalue weighted by Crippen LogP contribution is 2.16. The fraction of sp³-hybridized carbons (Fsp3) is 0.267. The molecule has 0 bridgehead atoms. The summed E-state index contributed by atoms with van der Waals surface area (Å²) < 4.78 is 2.17. The van der Waals surface area contributed by atoms with Gasteiger partial charge in [0, 0.05) is 24.7 Å². The van der Waals surface area contributed by atoms with E-state index in [0.717, 1.165) is 23.7 Å². The molecule has 0 spiro atoms. The number of hydrogen-bond acceptors (Lipinski definition) is 3. The van der Waals surface area contributed by atoms with Crippen molar-refractivity contribution in [3.8, 4) is 0 Å². The van der Waals surface area contributed by atoms with Gasteiger partial charge in [0.2, 0.25) is 0 Å². The average Bonchev–Trinajstić information content (AvgIpc) is 2.94. The number of imidazole rings is 1. The van der Waals surface area contributed by atoms with Crippen LogP contribution < -0.4 is 5.32 Å². The fourth-order valence-electron chi connectivity index (χ4n) is 2.28. The molecule has 2 heterocycles. The maximum Gasteiger partial charge on any atom is 0.194 e. The number of fused-ring (bicyclic) bond motifs is 1. The quantitative estimate of drug-likeness (QED) is 0.789. The van der Waals surface area contributed by atoms with E-state index in [-0.39, 0.29) is 0 Å². The van der Waals surface area contributed by atoms with Crippen LogP contribution in [-0.4, -0.2) is 9.38 Å². The normalized spacial score (nSPS) is 11.3. The predicted molar refractivity (Wildman–Crippen MR) is 79.5 cm³/mol. The summed E-state index contributed by atoms with van der Waals surface area (Å²) in [6, 6.07) is 8.49. The first-order valence-electron chi connectivity index (χ1n) is 6.42. The molecule has 1 N–H and O–H groups in total. The number of benzene rings is 1. The van der Waals surface area contributed by atoms with Crippen molar-refractivity contribution < 1.29 is 0 Å². The minimum atomic E-state index is 0.845. The molecule has 0 aliphatic heterocycles. The number of nitrogens with zero attached hydrogens (tertiary/aromatic N) is 2. The maximum atomic E-state index is 4.56. The highest BCUT2D eigenvalue weighted by atomic mass is 32.1. The number of aromatic nitrogens is 2. The smallest absolute Gasteiger partial charge is 0.194 e. The van der Waals surface area contributed by atoms with Crippen LogP contribution in [0.25, 0.3) is 4.96 Å². The molecule has 0 fully saturated rings. The number of aryl methyl sites for hydroxylation is 2. The molecule has 4 heteroatoms. The van der Waals surface area contributed by atoms with Crippen LogP contribution >= 0.6 is 11.3 Å². The van der Waals surface area contributed by atoms with Crippen molar-refractivity contribution in [2.75, 3.05) is 0 Å². The minimum absolute atomic E-state index is 0.845. The molecule has 0 saturated heterocycles. The first-order chi connectivity index (χ1) is 9.25. The van der Waals surface area contributed by atoms with E-state index >= 15 is 0 Å². The lowest BCUT2D eigenvalue weighted by molar-refractivity contribution is 0.670. The van der Waals surface area contributed by atoms with Gasteiger partial charge in [0.1, 0.15) is 0 Å². The van der Waals surface area contributed by atoms with Crippen LogP contribution in [0.3, 0.4) is 0 Å². The molecule has 0 atom stereocenters. The molecule has 1 aromatic carbocycles. The van der Waals surface area contributed by atoms with Gasteiger partial charge in [-0.1, -0.05) is 24.3 Å². The maximum absolute atomic E-state index is 4.56. The Kier molecular flexibility index (Phi) is 3.36. The third-order valence-corrected chi connectivity index (χ3v) is 4.19. The van der Waals surface area contributed by atoms with E-state index in [2.05, 4.69) is 64.4 Å². The largest absolute Gasteiger partial charge is 0.307 e. The molecule has 3 nitrogen and oxygen atoms in total. The highest BCUT2D eigenvalue weighted by Gasteiger charge is 2.08. The van der Waals surface area contributed by atoms with Crippen LogP contribution in [0, 0.1) is 13.8 Å². The number of hydrogen-bond donors (Lipinski definition) is 1. The van der Waals surface area contributed by atoms with E-state index in [0.29, 0.717) is 0 Å². The molecule has 0 unspecified atom stereocenters. The van der Waals surface area contributed by atoms with Gasteiger partial charge in [-0.15, -0.1) is 11.3 Å². The summed E-state index contributed by atoms with van der Waals surface area (Å²) in [5.41, 5.74) is 5.06. The molecule has 0 saturated carbocycles. The Bertz CT molecular complexity index is 696. The van der Waals surface area contributed by atoms with E-state index in [4.69, 9.17) is 0 Å². The second-order valence-electron chi connectivity index (χ2n) is 4.73. The molecule has 3 aromatic rings. The Hall–Kier alpha value is -1.65. The Labute approximate surface area is 116 Å². The summed E-state index contributed by atoms with van der Waals surface area (Å²) in [4.78, 5) is 5.63. The van der Waals surface area contributed by atoms with Gasteiger partial charge >= 0.3 is 0 Å². The molecule has 0 aliphatic rings. The van der Waals surface area contributed by atoms with Gasteiger partial charge in [-0.2, -0.15) is 0 Å². The molecular formula is C15H17N3S. The van der Waals surface area contributed by atoms with E-state index in [1.807, 2.05) is 0 Å². The van der Waals surface area contributed by atoms with E-state index in [1.54, 1.807) is 11.3 Å². The molecule has 0 radical (unpaired) electrons. The Balaban J connectivity index is 1.71. The fourth-order valence-corrected chi connectivity index (χ4v) is 3.06. The second kappa shape index (κ2) is 5.15. The lowest BCUT2D eigenvalue weighted by atomic mass is 10.1. The van der Waals surface area contributed by atoms with E-state index < -0.39 is 0 Å². The molecule has 19 heavy (non-hydrogen) atoms. The van der Waals surface area contributed by atoms with Crippen molar-refractivity contribution in [3.05, 3.63) is 58.4 Å². The van der Waals surface area contributed by atoms with Gasteiger partial charge in [-0.3, -0.25) is 4.40 Å².